The highest BCUT2D eigenvalue weighted by Gasteiger charge is 2.34. The van der Waals surface area contributed by atoms with Crippen LogP contribution in [0.15, 0.2) is 144 Å². The minimum absolute atomic E-state index is 0.0263. The van der Waals surface area contributed by atoms with Gasteiger partial charge in [-0.2, -0.15) is 13.2 Å². The lowest BCUT2D eigenvalue weighted by molar-refractivity contribution is -0.151. The van der Waals surface area contributed by atoms with Crippen LogP contribution in [-0.4, -0.2) is 149 Å². The van der Waals surface area contributed by atoms with Gasteiger partial charge in [-0.05, 0) is 78.4 Å². The normalized spacial score (nSPS) is 10.1. The molecular weight excluding hydrogens is 1220 g/mol. The van der Waals surface area contributed by atoms with Gasteiger partial charge in [-0.3, -0.25) is 50.0 Å². The molecule has 0 saturated carbocycles. The van der Waals surface area contributed by atoms with Gasteiger partial charge in [0.05, 0.1) is 43.3 Å². The van der Waals surface area contributed by atoms with Gasteiger partial charge in [-0.15, -0.1) is 0 Å². The minimum Gasteiger partial charge on any atom is -0.492 e. The Balaban J connectivity index is 0.000000353. The molecule has 0 aliphatic rings. The topological polar surface area (TPSA) is 258 Å². The Bertz CT molecular complexity index is 2790. The van der Waals surface area contributed by atoms with E-state index in [0.29, 0.717) is 84.9 Å². The van der Waals surface area contributed by atoms with E-state index >= 15 is 0 Å². The van der Waals surface area contributed by atoms with E-state index in [4.69, 9.17) is 89.3 Å². The highest BCUT2D eigenvalue weighted by atomic mass is 79.9. The second-order valence-electron chi connectivity index (χ2n) is 15.4. The Morgan fingerprint density at radius 3 is 1.29 bits per heavy atom. The van der Waals surface area contributed by atoms with Gasteiger partial charge >= 0.3 is 6.18 Å². The summed E-state index contributed by atoms with van der Waals surface area (Å²) >= 11 is 20.3. The predicted octanol–water partition coefficient (Wildman–Crippen LogP) is 10.0. The first-order chi connectivity index (χ1) is 39.2. The van der Waals surface area contributed by atoms with Gasteiger partial charge < -0.3 is 28.4 Å². The summed E-state index contributed by atoms with van der Waals surface area (Å²) in [6.07, 6.45) is -3.13. The van der Waals surface area contributed by atoms with Gasteiger partial charge in [0.25, 0.3) is 0 Å². The molecule has 0 aliphatic carbocycles. The monoisotopic (exact) mass is 1280 g/mol. The zero-order chi connectivity index (χ0) is 60.7. The second-order valence-corrected chi connectivity index (χ2v) is 17.6. The highest BCUT2D eigenvalue weighted by molar-refractivity contribution is 9.10. The van der Waals surface area contributed by atoms with E-state index in [1.807, 2.05) is 66.7 Å². The van der Waals surface area contributed by atoms with E-state index in [9.17, 15) is 41.5 Å². The lowest BCUT2D eigenvalue weighted by Gasteiger charge is -2.14. The number of hydrogen-bond donors (Lipinski definition) is 5. The van der Waals surface area contributed by atoms with E-state index in [1.165, 1.54) is 36.4 Å². The lowest BCUT2D eigenvalue weighted by atomic mass is 10.2. The first kappa shape index (κ1) is 70.4. The molecule has 0 aliphatic heterocycles. The molecule has 21 nitrogen and oxygen atoms in total. The molecule has 29 heteroatoms. The Morgan fingerprint density at radius 1 is 0.439 bits per heavy atom. The molecule has 6 aromatic carbocycles. The number of carbonyl (C=O) groups excluding carboxylic acids is 5. The SMILES string of the molecule is O=CN(O)CCOc1cc(Cl)cc(Cl)c1.O=CN(O)CCOc1ccc(F)c(Cl)c1.O=CN(O)CCOc1cccc(Br)c1.O=CN(O)CCOc1ccccc1C(F)(F)F.O=CN(O)CCOc1ccccc1OCc1ccccc1. The van der Waals surface area contributed by atoms with Gasteiger partial charge in [0.15, 0.2) is 11.5 Å². The Hall–Kier alpha value is -7.66. The Labute approximate surface area is 490 Å². The van der Waals surface area contributed by atoms with E-state index in [0.717, 1.165) is 16.1 Å². The van der Waals surface area contributed by atoms with Crippen molar-refractivity contribution in [3.8, 4) is 34.5 Å². The molecule has 6 aromatic rings. The van der Waals surface area contributed by atoms with Crippen LogP contribution >= 0.6 is 50.7 Å². The van der Waals surface area contributed by atoms with Crippen LogP contribution in [0.2, 0.25) is 15.1 Å². The zero-order valence-corrected chi connectivity index (χ0v) is 46.8. The third-order valence-electron chi connectivity index (χ3n) is 9.33. The van der Waals surface area contributed by atoms with Crippen molar-refractivity contribution in [1.82, 2.24) is 25.3 Å². The van der Waals surface area contributed by atoms with Crippen molar-refractivity contribution in [1.29, 1.82) is 0 Å². The number of carbonyl (C=O) groups is 5. The molecule has 0 fully saturated rings. The lowest BCUT2D eigenvalue weighted by Crippen LogP contribution is -2.23. The molecule has 0 heterocycles. The van der Waals surface area contributed by atoms with Crippen LogP contribution in [0.3, 0.4) is 0 Å². The average Bonchev–Trinajstić information content (AvgIpc) is 3.58. The molecule has 5 amide bonds. The van der Waals surface area contributed by atoms with E-state index in [-0.39, 0.29) is 94.4 Å². The first-order valence-electron chi connectivity index (χ1n) is 23.5. The maximum absolute atomic E-state index is 12.7. The largest absolute Gasteiger partial charge is 0.492 e. The van der Waals surface area contributed by atoms with Gasteiger partial charge in [-0.1, -0.05) is 111 Å². The van der Waals surface area contributed by atoms with Crippen LogP contribution < -0.4 is 28.4 Å². The second kappa shape index (κ2) is 40.5. The van der Waals surface area contributed by atoms with Crippen molar-refractivity contribution in [3.63, 3.8) is 0 Å². The summed E-state index contributed by atoms with van der Waals surface area (Å²) in [6, 6.07) is 37.8. The molecule has 6 rings (SSSR count). The molecule has 0 atom stereocenters. The number of ether oxygens (including phenoxy) is 6. The molecule has 0 bridgehead atoms. The summed E-state index contributed by atoms with van der Waals surface area (Å²) in [7, 11) is 0. The maximum Gasteiger partial charge on any atom is 0.419 e. The molecule has 444 valence electrons. The van der Waals surface area contributed by atoms with E-state index in [1.54, 1.807) is 30.3 Å². The Morgan fingerprint density at radius 2 is 0.841 bits per heavy atom. The zero-order valence-electron chi connectivity index (χ0n) is 42.9. The average molecular weight is 1280 g/mol. The van der Waals surface area contributed by atoms with Crippen LogP contribution in [0.1, 0.15) is 11.1 Å². The molecule has 82 heavy (non-hydrogen) atoms. The predicted molar refractivity (Wildman–Crippen MR) is 291 cm³/mol. The number of halogens is 8. The van der Waals surface area contributed by atoms with Crippen molar-refractivity contribution < 1.29 is 96.0 Å². The summed E-state index contributed by atoms with van der Waals surface area (Å²) in [5, 5.41) is 47.2. The third kappa shape index (κ3) is 31.4. The number of para-hydroxylation sites is 3. The van der Waals surface area contributed by atoms with Crippen molar-refractivity contribution in [2.24, 2.45) is 0 Å². The van der Waals surface area contributed by atoms with Crippen molar-refractivity contribution >= 4 is 82.8 Å². The number of hydroxylamine groups is 10. The third-order valence-corrected chi connectivity index (χ3v) is 10.6. The van der Waals surface area contributed by atoms with Gasteiger partial charge in [0, 0.05) is 20.6 Å². The number of amides is 5. The standard InChI is InChI=1S/C16H17NO4.C10H10F3NO3.C9H10BrNO3.C9H9Cl2NO3.C9H9ClFNO3/c18-13-17(19)10-11-20-15-8-4-5-9-16(15)21-12-14-6-2-1-3-7-14;11-10(12,13)8-3-1-2-4-9(8)17-6-5-14(16)7-15;10-8-2-1-3-9(6-8)14-5-4-11(13)7-12;10-7-3-8(11)5-9(4-7)15-2-1-12(14)6-13;10-8-5-7(1-2-9(8)11)15-4-3-12(14)6-13/h1-9,13,19H,10-12H2;1-4,7,16H,5-6H2;1-3,6-7,13H,4-5H2;3-6,14H,1-2H2;1-2,5-6,14H,3-4H2. The minimum atomic E-state index is -4.50. The van der Waals surface area contributed by atoms with Crippen LogP contribution in [0.5, 0.6) is 34.5 Å². The number of nitrogens with zero attached hydrogens (tertiary/aromatic N) is 5. The fraction of sp³-hybridized carbons (Fsp3) is 0.226. The summed E-state index contributed by atoms with van der Waals surface area (Å²) in [4.78, 5) is 50.3. The van der Waals surface area contributed by atoms with E-state index in [2.05, 4.69) is 15.9 Å². The summed E-state index contributed by atoms with van der Waals surface area (Å²) in [5.41, 5.74) is 0.172. The smallest absolute Gasteiger partial charge is 0.419 e. The molecule has 5 N–H and O–H groups in total. The van der Waals surface area contributed by atoms with Crippen LogP contribution in [0.4, 0.5) is 17.6 Å². The number of benzene rings is 6. The molecule has 0 saturated heterocycles. The van der Waals surface area contributed by atoms with Crippen molar-refractivity contribution in [2.75, 3.05) is 65.8 Å². The highest BCUT2D eigenvalue weighted by Crippen LogP contribution is 2.36. The quantitative estimate of drug-likeness (QED) is 0.0132. The maximum atomic E-state index is 12.7. The van der Waals surface area contributed by atoms with Crippen molar-refractivity contribution in [2.45, 2.75) is 12.8 Å². The van der Waals surface area contributed by atoms with Gasteiger partial charge in [0.2, 0.25) is 32.1 Å². The van der Waals surface area contributed by atoms with Crippen LogP contribution in [0.25, 0.3) is 0 Å². The number of alkyl halides is 3. The molecule has 0 aromatic heterocycles. The van der Waals surface area contributed by atoms with Crippen LogP contribution in [0, 0.1) is 5.82 Å². The molecule has 0 unspecified atom stereocenters. The van der Waals surface area contributed by atoms with Crippen LogP contribution in [-0.2, 0) is 36.8 Å². The first-order valence-corrected chi connectivity index (χ1v) is 25.4. The summed E-state index contributed by atoms with van der Waals surface area (Å²) < 4.78 is 82.8. The number of hydrogen-bond acceptors (Lipinski definition) is 16. The van der Waals surface area contributed by atoms with Crippen molar-refractivity contribution in [3.05, 3.63) is 176 Å². The summed E-state index contributed by atoms with van der Waals surface area (Å²) in [5.74, 6) is 1.90. The molecular formula is C53H55BrCl3F4N5O16. The fourth-order valence-electron chi connectivity index (χ4n) is 5.52. The van der Waals surface area contributed by atoms with Gasteiger partial charge in [-0.25, -0.2) is 29.7 Å². The fourth-order valence-corrected chi connectivity index (χ4v) is 6.57. The number of rotatable bonds is 28. The van der Waals surface area contributed by atoms with E-state index < -0.39 is 17.6 Å². The molecule has 0 radical (unpaired) electrons. The summed E-state index contributed by atoms with van der Waals surface area (Å²) in [6.45, 7) is 1.04. The van der Waals surface area contributed by atoms with Gasteiger partial charge in [0.1, 0.15) is 68.5 Å². The molecule has 0 spiro atoms. The Kier molecular flexibility index (Phi) is 34.8.